The van der Waals surface area contributed by atoms with Crippen LogP contribution in [-0.4, -0.2) is 12.1 Å². The molecule has 0 aliphatic heterocycles. The standard InChI is InChI=1S/C29H27F7N2O/c1-18-11-12-20(16-25(18)29(34,35)36)27(17-19-7-3-2-4-8-19,38-26(39)37-24-9-5-6-10-24)21-13-22(28(31,32)33)15-23(30)14-21/h2-4,7-8,11-16,24H,5-6,9-10,17H2,1H3,(H2,37,38,39). The smallest absolute Gasteiger partial charge is 0.335 e. The molecule has 0 heterocycles. The molecule has 1 aliphatic rings. The van der Waals surface area contributed by atoms with E-state index in [0.29, 0.717) is 30.5 Å². The second-order valence-electron chi connectivity index (χ2n) is 9.90. The maximum absolute atomic E-state index is 14.7. The van der Waals surface area contributed by atoms with Crippen LogP contribution in [0.4, 0.5) is 35.5 Å². The fourth-order valence-electron chi connectivity index (χ4n) is 5.14. The van der Waals surface area contributed by atoms with Crippen LogP contribution in [-0.2, 0) is 24.3 Å². The monoisotopic (exact) mass is 552 g/mol. The van der Waals surface area contributed by atoms with Gasteiger partial charge < -0.3 is 10.6 Å². The van der Waals surface area contributed by atoms with Gasteiger partial charge in [-0.25, -0.2) is 9.18 Å². The highest BCUT2D eigenvalue weighted by atomic mass is 19.4. The number of carbonyl (C=O) groups is 1. The van der Waals surface area contributed by atoms with Crippen LogP contribution < -0.4 is 10.6 Å². The van der Waals surface area contributed by atoms with Crippen molar-refractivity contribution in [2.75, 3.05) is 0 Å². The van der Waals surface area contributed by atoms with E-state index in [4.69, 9.17) is 0 Å². The zero-order valence-electron chi connectivity index (χ0n) is 21.0. The van der Waals surface area contributed by atoms with E-state index in [0.717, 1.165) is 25.0 Å². The molecule has 2 N–H and O–H groups in total. The fourth-order valence-corrected chi connectivity index (χ4v) is 5.14. The lowest BCUT2D eigenvalue weighted by Crippen LogP contribution is -2.54. The summed E-state index contributed by atoms with van der Waals surface area (Å²) in [6, 6.07) is 12.4. The molecule has 208 valence electrons. The van der Waals surface area contributed by atoms with Crippen LogP contribution in [0.1, 0.15) is 59.1 Å². The number of hydrogen-bond acceptors (Lipinski definition) is 1. The number of amides is 2. The summed E-state index contributed by atoms with van der Waals surface area (Å²) in [7, 11) is 0. The number of carbonyl (C=O) groups excluding carboxylic acids is 1. The van der Waals surface area contributed by atoms with E-state index in [1.165, 1.54) is 19.1 Å². The van der Waals surface area contributed by atoms with Crippen LogP contribution in [0, 0.1) is 12.7 Å². The number of nitrogens with one attached hydrogen (secondary N) is 2. The molecule has 1 atom stereocenters. The van der Waals surface area contributed by atoms with E-state index in [2.05, 4.69) is 10.6 Å². The molecule has 1 unspecified atom stereocenters. The molecule has 1 fully saturated rings. The van der Waals surface area contributed by atoms with Gasteiger partial charge in [-0.2, -0.15) is 26.3 Å². The SMILES string of the molecule is Cc1ccc(C(Cc2ccccc2)(NC(=O)NC2CCCC2)c2cc(F)cc(C(F)(F)F)c2)cc1C(F)(F)F. The van der Waals surface area contributed by atoms with E-state index in [9.17, 15) is 35.5 Å². The summed E-state index contributed by atoms with van der Waals surface area (Å²) < 4.78 is 97.9. The van der Waals surface area contributed by atoms with Gasteiger partial charge in [0.05, 0.1) is 16.7 Å². The van der Waals surface area contributed by atoms with Crippen molar-refractivity contribution in [1.82, 2.24) is 10.6 Å². The lowest BCUT2D eigenvalue weighted by Gasteiger charge is -2.38. The quantitative estimate of drug-likeness (QED) is 0.300. The summed E-state index contributed by atoms with van der Waals surface area (Å²) in [6.07, 6.45) is -6.81. The van der Waals surface area contributed by atoms with E-state index in [1.807, 2.05) is 0 Å². The minimum absolute atomic E-state index is 0.106. The summed E-state index contributed by atoms with van der Waals surface area (Å²) >= 11 is 0. The zero-order chi connectivity index (χ0) is 28.4. The summed E-state index contributed by atoms with van der Waals surface area (Å²) in [4.78, 5) is 13.3. The molecule has 0 aromatic heterocycles. The van der Waals surface area contributed by atoms with Gasteiger partial charge in [0.15, 0.2) is 0 Å². The summed E-state index contributed by atoms with van der Waals surface area (Å²) in [5, 5.41) is 5.48. The molecule has 2 amide bonds. The average Bonchev–Trinajstić information content (AvgIpc) is 3.35. The normalized spacial score (nSPS) is 16.1. The van der Waals surface area contributed by atoms with Crippen molar-refractivity contribution in [3.05, 3.63) is 106 Å². The maximum atomic E-state index is 14.7. The van der Waals surface area contributed by atoms with Gasteiger partial charge in [-0.3, -0.25) is 0 Å². The first-order valence-electron chi connectivity index (χ1n) is 12.5. The number of alkyl halides is 6. The van der Waals surface area contributed by atoms with Gasteiger partial charge in [-0.05, 0) is 66.3 Å². The largest absolute Gasteiger partial charge is 0.416 e. The molecule has 3 aromatic rings. The van der Waals surface area contributed by atoms with E-state index >= 15 is 0 Å². The van der Waals surface area contributed by atoms with Gasteiger partial charge in [0, 0.05) is 12.5 Å². The van der Waals surface area contributed by atoms with E-state index in [1.54, 1.807) is 30.3 Å². The van der Waals surface area contributed by atoms with Gasteiger partial charge >= 0.3 is 18.4 Å². The Morgan fingerprint density at radius 1 is 0.821 bits per heavy atom. The number of benzene rings is 3. The molecular weight excluding hydrogens is 525 g/mol. The predicted molar refractivity (Wildman–Crippen MR) is 132 cm³/mol. The van der Waals surface area contributed by atoms with Crippen LogP contribution in [0.15, 0.2) is 66.7 Å². The number of aryl methyl sites for hydroxylation is 1. The van der Waals surface area contributed by atoms with Gasteiger partial charge in [0.2, 0.25) is 0 Å². The molecule has 0 bridgehead atoms. The van der Waals surface area contributed by atoms with Crippen LogP contribution in [0.3, 0.4) is 0 Å². The van der Waals surface area contributed by atoms with E-state index < -0.39 is 40.9 Å². The predicted octanol–water partition coefficient (Wildman–Crippen LogP) is 7.90. The third-order valence-corrected chi connectivity index (χ3v) is 7.08. The Morgan fingerprint density at radius 3 is 2.08 bits per heavy atom. The molecule has 4 rings (SSSR count). The van der Waals surface area contributed by atoms with Crippen LogP contribution >= 0.6 is 0 Å². The molecule has 1 saturated carbocycles. The van der Waals surface area contributed by atoms with Crippen molar-refractivity contribution in [2.45, 2.75) is 63.0 Å². The van der Waals surface area contributed by atoms with Crippen molar-refractivity contribution in [2.24, 2.45) is 0 Å². The first-order valence-corrected chi connectivity index (χ1v) is 12.5. The first kappa shape index (κ1) is 28.4. The molecule has 39 heavy (non-hydrogen) atoms. The Morgan fingerprint density at radius 2 is 1.46 bits per heavy atom. The number of halogens is 7. The van der Waals surface area contributed by atoms with Crippen molar-refractivity contribution >= 4 is 6.03 Å². The van der Waals surface area contributed by atoms with E-state index in [-0.39, 0.29) is 29.2 Å². The first-order chi connectivity index (χ1) is 18.3. The second-order valence-corrected chi connectivity index (χ2v) is 9.90. The highest BCUT2D eigenvalue weighted by Crippen LogP contribution is 2.41. The van der Waals surface area contributed by atoms with Gasteiger partial charge in [-0.1, -0.05) is 55.3 Å². The Balaban J connectivity index is 1.98. The molecular formula is C29H27F7N2O. The van der Waals surface area contributed by atoms with Crippen LogP contribution in [0.2, 0.25) is 0 Å². The molecule has 0 spiro atoms. The summed E-state index contributed by atoms with van der Waals surface area (Å²) in [5.74, 6) is -1.24. The average molecular weight is 553 g/mol. The fraction of sp³-hybridized carbons (Fsp3) is 0.345. The van der Waals surface area contributed by atoms with Gasteiger partial charge in [0.1, 0.15) is 5.82 Å². The second kappa shape index (κ2) is 10.9. The molecule has 1 aliphatic carbocycles. The van der Waals surface area contributed by atoms with Crippen molar-refractivity contribution < 1.29 is 35.5 Å². The molecule has 3 nitrogen and oxygen atoms in total. The number of hydrogen-bond donors (Lipinski definition) is 2. The number of urea groups is 1. The van der Waals surface area contributed by atoms with Gasteiger partial charge in [0.25, 0.3) is 0 Å². The lowest BCUT2D eigenvalue weighted by molar-refractivity contribution is -0.138. The number of rotatable bonds is 6. The maximum Gasteiger partial charge on any atom is 0.416 e. The topological polar surface area (TPSA) is 41.1 Å². The zero-order valence-corrected chi connectivity index (χ0v) is 21.0. The van der Waals surface area contributed by atoms with Crippen LogP contribution in [0.5, 0.6) is 0 Å². The minimum Gasteiger partial charge on any atom is -0.335 e. The summed E-state index contributed by atoms with van der Waals surface area (Å²) in [5.41, 5.74) is -4.39. The molecule has 0 saturated heterocycles. The van der Waals surface area contributed by atoms with Crippen LogP contribution in [0.25, 0.3) is 0 Å². The Bertz CT molecular complexity index is 1320. The molecule has 3 aromatic carbocycles. The summed E-state index contributed by atoms with van der Waals surface area (Å²) in [6.45, 7) is 1.26. The van der Waals surface area contributed by atoms with Gasteiger partial charge in [-0.15, -0.1) is 0 Å². The molecule has 10 heteroatoms. The highest BCUT2D eigenvalue weighted by Gasteiger charge is 2.42. The Kier molecular flexibility index (Phi) is 7.95. The lowest BCUT2D eigenvalue weighted by atomic mass is 9.76. The third kappa shape index (κ3) is 6.54. The Hall–Kier alpha value is -3.56. The Labute approximate surface area is 221 Å². The third-order valence-electron chi connectivity index (χ3n) is 7.08. The van der Waals surface area contributed by atoms with Crippen molar-refractivity contribution in [1.29, 1.82) is 0 Å². The van der Waals surface area contributed by atoms with Crippen molar-refractivity contribution in [3.63, 3.8) is 0 Å². The van der Waals surface area contributed by atoms with Crippen molar-refractivity contribution in [3.8, 4) is 0 Å². The minimum atomic E-state index is -4.94. The molecule has 0 radical (unpaired) electrons. The highest BCUT2D eigenvalue weighted by molar-refractivity contribution is 5.76.